The van der Waals surface area contributed by atoms with E-state index < -0.39 is 17.7 Å². The molecule has 0 N–H and O–H groups in total. The average molecular weight is 227 g/mol. The molecule has 0 aromatic heterocycles. The molecule has 2 heterocycles. The number of thioether (sulfide) groups is 1. The molecule has 15 heavy (non-hydrogen) atoms. The van der Waals surface area contributed by atoms with Gasteiger partial charge < -0.3 is 4.74 Å². The van der Waals surface area contributed by atoms with Crippen LogP contribution in [0.2, 0.25) is 0 Å². The highest BCUT2D eigenvalue weighted by molar-refractivity contribution is 8.14. The van der Waals surface area contributed by atoms with Crippen LogP contribution in [0.4, 0.5) is 4.79 Å². The van der Waals surface area contributed by atoms with Crippen LogP contribution in [-0.4, -0.2) is 33.1 Å². The highest BCUT2D eigenvalue weighted by Gasteiger charge is 2.47. The van der Waals surface area contributed by atoms with Crippen LogP contribution in [0, 0.1) is 0 Å². The van der Waals surface area contributed by atoms with Crippen LogP contribution in [0.25, 0.3) is 0 Å². The third kappa shape index (κ3) is 1.88. The van der Waals surface area contributed by atoms with Crippen molar-refractivity contribution in [2.24, 2.45) is 0 Å². The number of fused-ring (bicyclic) bond motifs is 2. The molecular weight excluding hydrogens is 214 g/mol. The lowest BCUT2D eigenvalue weighted by molar-refractivity contribution is -0.112. The Bertz CT molecular complexity index is 345. The molecule has 0 aliphatic carbocycles. The van der Waals surface area contributed by atoms with Crippen LogP contribution < -0.4 is 0 Å². The second-order valence-electron chi connectivity index (χ2n) is 4.54. The first-order valence-electron chi connectivity index (χ1n) is 4.79. The Labute approximate surface area is 92.6 Å². The summed E-state index contributed by atoms with van der Waals surface area (Å²) >= 11 is 1.18. The first-order chi connectivity index (χ1) is 6.88. The van der Waals surface area contributed by atoms with Crippen molar-refractivity contribution in [1.82, 2.24) is 4.90 Å². The van der Waals surface area contributed by atoms with Crippen LogP contribution in [0.1, 0.15) is 20.8 Å². The van der Waals surface area contributed by atoms with Crippen molar-refractivity contribution < 1.29 is 14.3 Å². The molecule has 1 amide bonds. The molecule has 4 nitrogen and oxygen atoms in total. The second-order valence-corrected chi connectivity index (χ2v) is 5.67. The molecule has 2 aliphatic rings. The van der Waals surface area contributed by atoms with Gasteiger partial charge in [0.15, 0.2) is 0 Å². The molecule has 2 aliphatic heterocycles. The minimum atomic E-state index is -0.521. The highest BCUT2D eigenvalue weighted by Crippen LogP contribution is 2.38. The lowest BCUT2D eigenvalue weighted by Gasteiger charge is -2.26. The zero-order chi connectivity index (χ0) is 11.2. The topological polar surface area (TPSA) is 46.6 Å². The zero-order valence-electron chi connectivity index (χ0n) is 8.89. The van der Waals surface area contributed by atoms with Crippen molar-refractivity contribution in [2.75, 3.05) is 0 Å². The molecule has 0 saturated carbocycles. The number of ether oxygens (including phenoxy) is 1. The summed E-state index contributed by atoms with van der Waals surface area (Å²) in [6.45, 7) is 5.43. The summed E-state index contributed by atoms with van der Waals surface area (Å²) in [5.41, 5.74) is -0.521. The Balaban J connectivity index is 2.08. The van der Waals surface area contributed by atoms with Crippen molar-refractivity contribution in [2.45, 2.75) is 37.8 Å². The van der Waals surface area contributed by atoms with Gasteiger partial charge in [-0.25, -0.2) is 4.79 Å². The fourth-order valence-corrected chi connectivity index (χ4v) is 2.62. The first-order valence-corrected chi connectivity index (χ1v) is 5.66. The monoisotopic (exact) mass is 227 g/mol. The predicted octanol–water partition coefficient (Wildman–Crippen LogP) is 1.76. The predicted molar refractivity (Wildman–Crippen MR) is 57.4 cm³/mol. The molecule has 82 valence electrons. The maximum atomic E-state index is 11.8. The van der Waals surface area contributed by atoms with Gasteiger partial charge in [-0.15, -0.1) is 0 Å². The number of rotatable bonds is 0. The Morgan fingerprint density at radius 3 is 2.53 bits per heavy atom. The maximum absolute atomic E-state index is 11.8. The molecular formula is C10H13NO3S. The lowest BCUT2D eigenvalue weighted by Crippen LogP contribution is -2.41. The SMILES string of the molecule is CC(C)(C)OC(=O)N1C2C=CC1C(=O)S2. The molecule has 1 saturated heterocycles. The van der Waals surface area contributed by atoms with Crippen LogP contribution >= 0.6 is 11.8 Å². The number of amides is 1. The summed E-state index contributed by atoms with van der Waals surface area (Å²) < 4.78 is 5.23. The van der Waals surface area contributed by atoms with Crippen LogP contribution in [0.15, 0.2) is 12.2 Å². The number of carbonyl (C=O) groups excluding carboxylic acids is 2. The van der Waals surface area contributed by atoms with Crippen LogP contribution in [-0.2, 0) is 9.53 Å². The Hall–Kier alpha value is -0.970. The van der Waals surface area contributed by atoms with E-state index in [0.717, 1.165) is 0 Å². The van der Waals surface area contributed by atoms with Gasteiger partial charge in [0.25, 0.3) is 0 Å². The van der Waals surface area contributed by atoms with Crippen LogP contribution in [0.3, 0.4) is 0 Å². The van der Waals surface area contributed by atoms with E-state index in [9.17, 15) is 9.59 Å². The fraction of sp³-hybridized carbons (Fsp3) is 0.600. The van der Waals surface area contributed by atoms with E-state index in [0.29, 0.717) is 0 Å². The van der Waals surface area contributed by atoms with Crippen LogP contribution in [0.5, 0.6) is 0 Å². The van der Waals surface area contributed by atoms with E-state index in [1.807, 2.05) is 26.8 Å². The Morgan fingerprint density at radius 2 is 2.13 bits per heavy atom. The van der Waals surface area contributed by atoms with Crippen molar-refractivity contribution in [1.29, 1.82) is 0 Å². The summed E-state index contributed by atoms with van der Waals surface area (Å²) in [7, 11) is 0. The smallest absolute Gasteiger partial charge is 0.412 e. The number of carbonyl (C=O) groups is 2. The minimum Gasteiger partial charge on any atom is -0.444 e. The summed E-state index contributed by atoms with van der Waals surface area (Å²) in [5.74, 6) is 0. The maximum Gasteiger partial charge on any atom is 0.412 e. The van der Waals surface area contributed by atoms with Gasteiger partial charge in [0.1, 0.15) is 17.0 Å². The Kier molecular flexibility index (Phi) is 2.30. The van der Waals surface area contributed by atoms with E-state index in [2.05, 4.69) is 0 Å². The number of nitrogens with zero attached hydrogens (tertiary/aromatic N) is 1. The van der Waals surface area contributed by atoms with Gasteiger partial charge in [0.2, 0.25) is 5.12 Å². The van der Waals surface area contributed by atoms with Crippen molar-refractivity contribution in [3.05, 3.63) is 12.2 Å². The van der Waals surface area contributed by atoms with Gasteiger partial charge in [-0.05, 0) is 20.8 Å². The fourth-order valence-electron chi connectivity index (χ4n) is 1.55. The molecule has 5 heteroatoms. The van der Waals surface area contributed by atoms with E-state index in [1.165, 1.54) is 16.7 Å². The molecule has 0 aromatic carbocycles. The summed E-state index contributed by atoms with van der Waals surface area (Å²) in [6.07, 6.45) is 3.20. The van der Waals surface area contributed by atoms with E-state index in [-0.39, 0.29) is 10.5 Å². The molecule has 2 bridgehead atoms. The first kappa shape index (κ1) is 10.5. The average Bonchev–Trinajstić information content (AvgIpc) is 2.55. The third-order valence-corrected chi connectivity index (χ3v) is 3.21. The summed E-state index contributed by atoms with van der Waals surface area (Å²) in [6, 6.07) is -0.421. The van der Waals surface area contributed by atoms with Gasteiger partial charge in [-0.1, -0.05) is 23.9 Å². The van der Waals surface area contributed by atoms with E-state index >= 15 is 0 Å². The van der Waals surface area contributed by atoms with E-state index in [1.54, 1.807) is 6.08 Å². The van der Waals surface area contributed by atoms with Gasteiger partial charge in [0.05, 0.1) is 0 Å². The molecule has 2 unspecified atom stereocenters. The summed E-state index contributed by atoms with van der Waals surface area (Å²) in [4.78, 5) is 24.6. The largest absolute Gasteiger partial charge is 0.444 e. The van der Waals surface area contributed by atoms with Gasteiger partial charge in [-0.2, -0.15) is 0 Å². The normalized spacial score (nSPS) is 28.7. The lowest BCUT2D eigenvalue weighted by atomic mass is 10.2. The summed E-state index contributed by atoms with van der Waals surface area (Å²) in [5, 5.41) is -0.147. The second kappa shape index (κ2) is 3.27. The van der Waals surface area contributed by atoms with E-state index in [4.69, 9.17) is 4.74 Å². The molecule has 2 atom stereocenters. The number of hydrogen-bond acceptors (Lipinski definition) is 4. The third-order valence-electron chi connectivity index (χ3n) is 2.11. The number of hydrogen-bond donors (Lipinski definition) is 0. The van der Waals surface area contributed by atoms with Gasteiger partial charge in [0, 0.05) is 0 Å². The molecule has 0 radical (unpaired) electrons. The molecule has 0 aromatic rings. The standard InChI is InChI=1S/C10H13NO3S/c1-10(2,3)14-9(13)11-6-4-5-7(11)15-8(6)12/h4-7H,1-3H3. The molecule has 1 fully saturated rings. The Morgan fingerprint density at radius 1 is 1.47 bits per heavy atom. The van der Waals surface area contributed by atoms with Crippen molar-refractivity contribution >= 4 is 23.0 Å². The van der Waals surface area contributed by atoms with Gasteiger partial charge in [-0.3, -0.25) is 9.69 Å². The minimum absolute atomic E-state index is 0.0216. The van der Waals surface area contributed by atoms with Gasteiger partial charge >= 0.3 is 6.09 Å². The molecule has 2 rings (SSSR count). The highest BCUT2D eigenvalue weighted by atomic mass is 32.2. The zero-order valence-corrected chi connectivity index (χ0v) is 9.71. The van der Waals surface area contributed by atoms with Crippen molar-refractivity contribution in [3.8, 4) is 0 Å². The quantitative estimate of drug-likeness (QED) is 0.592. The molecule has 0 spiro atoms. The van der Waals surface area contributed by atoms with Crippen molar-refractivity contribution in [3.63, 3.8) is 0 Å².